The average Bonchev–Trinajstić information content (AvgIpc) is 3.43. The van der Waals surface area contributed by atoms with Gasteiger partial charge in [-0.2, -0.15) is 0 Å². The van der Waals surface area contributed by atoms with Crippen LogP contribution in [-0.2, 0) is 4.79 Å². The van der Waals surface area contributed by atoms with Gasteiger partial charge in [0.15, 0.2) is 6.61 Å². The molecule has 2 heterocycles. The number of thiophene rings is 1. The van der Waals surface area contributed by atoms with Gasteiger partial charge in [0.25, 0.3) is 11.8 Å². The quantitative estimate of drug-likeness (QED) is 0.435. The Hall–Kier alpha value is -3.84. The lowest BCUT2D eigenvalue weighted by molar-refractivity contribution is -0.118. The molecule has 0 radical (unpaired) electrons. The predicted octanol–water partition coefficient (Wildman–Crippen LogP) is 4.88. The number of benzene rings is 3. The van der Waals surface area contributed by atoms with Crippen LogP contribution in [0.15, 0.2) is 84.2 Å². The molecular formula is C27H25N3O3S. The fourth-order valence-electron chi connectivity index (χ4n) is 4.14. The second kappa shape index (κ2) is 9.97. The normalized spacial score (nSPS) is 13.6. The third-order valence-electron chi connectivity index (χ3n) is 5.92. The van der Waals surface area contributed by atoms with Crippen LogP contribution < -0.4 is 15.0 Å². The van der Waals surface area contributed by atoms with E-state index in [-0.39, 0.29) is 18.4 Å². The van der Waals surface area contributed by atoms with E-state index in [1.54, 1.807) is 0 Å². The number of hydrogen-bond donors (Lipinski definition) is 1. The van der Waals surface area contributed by atoms with Crippen LogP contribution in [0.4, 0.5) is 11.4 Å². The minimum absolute atomic E-state index is 0.0595. The lowest BCUT2D eigenvalue weighted by Gasteiger charge is -2.36. The number of fused-ring (bicyclic) bond motifs is 1. The van der Waals surface area contributed by atoms with Crippen LogP contribution in [0.2, 0.25) is 0 Å². The summed E-state index contributed by atoms with van der Waals surface area (Å²) < 4.78 is 5.78. The fraction of sp³-hybridized carbons (Fsp3) is 0.185. The van der Waals surface area contributed by atoms with Crippen molar-refractivity contribution in [3.8, 4) is 5.75 Å². The first-order valence-corrected chi connectivity index (χ1v) is 12.1. The number of hydrogen-bond acceptors (Lipinski definition) is 5. The number of ether oxygens (including phenoxy) is 1. The van der Waals surface area contributed by atoms with Crippen LogP contribution in [0.3, 0.4) is 0 Å². The standard InChI is InChI=1S/C27H25N3O3S/c31-26(19-33-24-8-3-6-20-5-1-2-7-23(20)24)28-21-10-12-22(13-11-21)29-14-16-30(17-15-29)27(32)25-9-4-18-34-25/h1-13,18H,14-17,19H2,(H,28,31). The van der Waals surface area contributed by atoms with Crippen molar-refractivity contribution in [3.05, 3.63) is 89.1 Å². The third-order valence-corrected chi connectivity index (χ3v) is 6.78. The van der Waals surface area contributed by atoms with E-state index in [2.05, 4.69) is 10.2 Å². The molecule has 2 amide bonds. The lowest BCUT2D eigenvalue weighted by Crippen LogP contribution is -2.48. The molecule has 0 bridgehead atoms. The van der Waals surface area contributed by atoms with Crippen LogP contribution >= 0.6 is 11.3 Å². The molecule has 0 spiro atoms. The zero-order valence-corrected chi connectivity index (χ0v) is 19.5. The molecule has 0 saturated carbocycles. The number of carbonyl (C=O) groups excluding carboxylic acids is 2. The highest BCUT2D eigenvalue weighted by molar-refractivity contribution is 7.12. The lowest BCUT2D eigenvalue weighted by atomic mass is 10.1. The Kier molecular flexibility index (Phi) is 6.44. The molecule has 172 valence electrons. The van der Waals surface area contributed by atoms with Crippen LogP contribution in [0, 0.1) is 0 Å². The van der Waals surface area contributed by atoms with E-state index in [0.29, 0.717) is 18.8 Å². The van der Waals surface area contributed by atoms with Gasteiger partial charge in [0.05, 0.1) is 4.88 Å². The second-order valence-corrected chi connectivity index (χ2v) is 9.07. The molecule has 1 saturated heterocycles. The summed E-state index contributed by atoms with van der Waals surface area (Å²) in [7, 11) is 0. The monoisotopic (exact) mass is 471 g/mol. The largest absolute Gasteiger partial charge is 0.483 e. The summed E-state index contributed by atoms with van der Waals surface area (Å²) in [4.78, 5) is 29.9. The van der Waals surface area contributed by atoms with Crippen molar-refractivity contribution in [3.63, 3.8) is 0 Å². The number of nitrogens with one attached hydrogen (secondary N) is 1. The number of rotatable bonds is 6. The zero-order valence-electron chi connectivity index (χ0n) is 18.6. The molecular weight excluding hydrogens is 446 g/mol. The molecule has 34 heavy (non-hydrogen) atoms. The third kappa shape index (κ3) is 4.89. The van der Waals surface area contributed by atoms with Crippen molar-refractivity contribution < 1.29 is 14.3 Å². The molecule has 1 N–H and O–H groups in total. The molecule has 4 aromatic rings. The Labute approximate surface area is 202 Å². The van der Waals surface area contributed by atoms with Crippen molar-refractivity contribution >= 4 is 45.3 Å². The van der Waals surface area contributed by atoms with E-state index in [9.17, 15) is 9.59 Å². The molecule has 1 fully saturated rings. The minimum atomic E-state index is -0.207. The summed E-state index contributed by atoms with van der Waals surface area (Å²) in [5.74, 6) is 0.597. The molecule has 6 nitrogen and oxygen atoms in total. The van der Waals surface area contributed by atoms with E-state index in [1.807, 2.05) is 89.1 Å². The summed E-state index contributed by atoms with van der Waals surface area (Å²) in [6.07, 6.45) is 0. The van der Waals surface area contributed by atoms with Crippen LogP contribution in [0.25, 0.3) is 10.8 Å². The van der Waals surface area contributed by atoms with Gasteiger partial charge in [0, 0.05) is 42.9 Å². The van der Waals surface area contributed by atoms with Crippen LogP contribution in [0.1, 0.15) is 9.67 Å². The SMILES string of the molecule is O=C(COc1cccc2ccccc12)Nc1ccc(N2CCN(C(=O)c3cccs3)CC2)cc1. The molecule has 1 aliphatic heterocycles. The first-order chi connectivity index (χ1) is 16.7. The molecule has 7 heteroatoms. The van der Waals surface area contributed by atoms with Gasteiger partial charge in [0.1, 0.15) is 5.75 Å². The van der Waals surface area contributed by atoms with Gasteiger partial charge in [0.2, 0.25) is 0 Å². The molecule has 1 aliphatic rings. The Morgan fingerprint density at radius 3 is 2.38 bits per heavy atom. The van der Waals surface area contributed by atoms with Gasteiger partial charge in [-0.1, -0.05) is 42.5 Å². The molecule has 0 unspecified atom stereocenters. The summed E-state index contributed by atoms with van der Waals surface area (Å²) >= 11 is 1.48. The number of piperazine rings is 1. The highest BCUT2D eigenvalue weighted by atomic mass is 32.1. The average molecular weight is 472 g/mol. The van der Waals surface area contributed by atoms with Crippen molar-refractivity contribution in [2.75, 3.05) is 43.0 Å². The van der Waals surface area contributed by atoms with E-state index in [0.717, 1.165) is 40.1 Å². The Morgan fingerprint density at radius 2 is 1.62 bits per heavy atom. The fourth-order valence-corrected chi connectivity index (χ4v) is 4.83. The minimum Gasteiger partial charge on any atom is -0.483 e. The maximum absolute atomic E-state index is 12.5. The Morgan fingerprint density at radius 1 is 0.853 bits per heavy atom. The van der Waals surface area contributed by atoms with Gasteiger partial charge in [-0.05, 0) is 47.2 Å². The van der Waals surface area contributed by atoms with Crippen LogP contribution in [0.5, 0.6) is 5.75 Å². The van der Waals surface area contributed by atoms with Gasteiger partial charge < -0.3 is 19.9 Å². The number of amides is 2. The molecule has 0 aliphatic carbocycles. The maximum Gasteiger partial charge on any atom is 0.264 e. The van der Waals surface area contributed by atoms with Gasteiger partial charge in [-0.3, -0.25) is 9.59 Å². The summed E-state index contributed by atoms with van der Waals surface area (Å²) in [5.41, 5.74) is 1.80. The zero-order chi connectivity index (χ0) is 23.3. The van der Waals surface area contributed by atoms with Crippen molar-refractivity contribution in [2.45, 2.75) is 0 Å². The van der Waals surface area contributed by atoms with Gasteiger partial charge in [-0.25, -0.2) is 0 Å². The number of nitrogens with zero attached hydrogens (tertiary/aromatic N) is 2. The summed E-state index contributed by atoms with van der Waals surface area (Å²) in [6, 6.07) is 25.3. The molecule has 3 aromatic carbocycles. The van der Waals surface area contributed by atoms with Gasteiger partial charge in [-0.15, -0.1) is 11.3 Å². The Bertz CT molecular complexity index is 1270. The van der Waals surface area contributed by atoms with Crippen molar-refractivity contribution in [2.24, 2.45) is 0 Å². The summed E-state index contributed by atoms with van der Waals surface area (Å²) in [6.45, 7) is 2.89. The predicted molar refractivity (Wildman–Crippen MR) is 137 cm³/mol. The second-order valence-electron chi connectivity index (χ2n) is 8.12. The van der Waals surface area contributed by atoms with E-state index in [1.165, 1.54) is 11.3 Å². The molecule has 0 atom stereocenters. The number of carbonyl (C=O) groups is 2. The smallest absolute Gasteiger partial charge is 0.264 e. The van der Waals surface area contributed by atoms with Crippen molar-refractivity contribution in [1.29, 1.82) is 0 Å². The van der Waals surface area contributed by atoms with Crippen molar-refractivity contribution in [1.82, 2.24) is 4.90 Å². The topological polar surface area (TPSA) is 61.9 Å². The van der Waals surface area contributed by atoms with E-state index >= 15 is 0 Å². The van der Waals surface area contributed by atoms with Crippen LogP contribution in [-0.4, -0.2) is 49.5 Å². The summed E-state index contributed by atoms with van der Waals surface area (Å²) in [5, 5.41) is 6.89. The molecule has 1 aromatic heterocycles. The highest BCUT2D eigenvalue weighted by Gasteiger charge is 2.22. The first-order valence-electron chi connectivity index (χ1n) is 11.3. The molecule has 5 rings (SSSR count). The number of anilines is 2. The van der Waals surface area contributed by atoms with E-state index < -0.39 is 0 Å². The first kappa shape index (κ1) is 22.0. The van der Waals surface area contributed by atoms with Gasteiger partial charge >= 0.3 is 0 Å². The Balaban J connectivity index is 1.13. The van der Waals surface area contributed by atoms with E-state index in [4.69, 9.17) is 4.74 Å². The maximum atomic E-state index is 12.5. The highest BCUT2D eigenvalue weighted by Crippen LogP contribution is 2.25.